The molecule has 0 aromatic heterocycles. The molecule has 0 rings (SSSR count). The van der Waals surface area contributed by atoms with E-state index in [4.69, 9.17) is 15.1 Å². The van der Waals surface area contributed by atoms with Crippen LogP contribution < -0.4 is 0 Å². The number of hydrogen-bond acceptors (Lipinski definition) is 5. The van der Waals surface area contributed by atoms with Crippen molar-refractivity contribution in [3.05, 3.63) is 0 Å². The summed E-state index contributed by atoms with van der Waals surface area (Å²) >= 11 is 3.16. The maximum Gasteiger partial charge on any atom is 0.147 e. The third kappa shape index (κ3) is 3.81. The van der Waals surface area contributed by atoms with Gasteiger partial charge in [0.25, 0.3) is 0 Å². The van der Waals surface area contributed by atoms with Crippen molar-refractivity contribution in [1.29, 1.82) is 0 Å². The van der Waals surface area contributed by atoms with Gasteiger partial charge in [-0.1, -0.05) is 29.3 Å². The Morgan fingerprint density at radius 2 is 2.07 bits per heavy atom. The highest BCUT2D eigenvalue weighted by atomic mass is 79.9. The van der Waals surface area contributed by atoms with Crippen molar-refractivity contribution < 1.29 is 19.8 Å². The van der Waals surface area contributed by atoms with Gasteiger partial charge in [-0.3, -0.25) is 0 Å². The summed E-state index contributed by atoms with van der Waals surface area (Å²) in [5, 5.41) is 19.6. The van der Waals surface area contributed by atoms with Gasteiger partial charge in [-0.2, -0.15) is 5.06 Å². The Bertz CT molecular complexity index is 187. The van der Waals surface area contributed by atoms with Gasteiger partial charge in [-0.15, -0.1) is 0 Å². The van der Waals surface area contributed by atoms with Crippen LogP contribution in [0.15, 0.2) is 0 Å². The van der Waals surface area contributed by atoms with Crippen molar-refractivity contribution in [3.8, 4) is 0 Å². The summed E-state index contributed by atoms with van der Waals surface area (Å²) in [6.07, 6.45) is 2.15. The summed E-state index contributed by atoms with van der Waals surface area (Å²) in [5.74, 6) is 0. The van der Waals surface area contributed by atoms with E-state index in [-0.39, 0.29) is 13.2 Å². The molecule has 0 saturated carbocycles. The van der Waals surface area contributed by atoms with Crippen molar-refractivity contribution in [2.24, 2.45) is 0 Å². The lowest BCUT2D eigenvalue weighted by atomic mass is 10.1. The Morgan fingerprint density at radius 3 is 2.33 bits per heavy atom. The normalized spacial score (nSPS) is 14.3. The molecule has 0 aliphatic rings. The Hall–Kier alpha value is -0.0100. The minimum atomic E-state index is -1.12. The van der Waals surface area contributed by atoms with E-state index >= 15 is 0 Å². The number of nitrogens with zero attached hydrogens (tertiary/aromatic N) is 1. The molecule has 0 radical (unpaired) electrons. The first-order chi connectivity index (χ1) is 7.09. The predicted molar refractivity (Wildman–Crippen MR) is 59.4 cm³/mol. The van der Waals surface area contributed by atoms with Gasteiger partial charge in [0.1, 0.15) is 10.7 Å². The molecule has 0 aromatic rings. The molecule has 0 aliphatic carbocycles. The van der Waals surface area contributed by atoms with Gasteiger partial charge in [0.2, 0.25) is 0 Å². The van der Waals surface area contributed by atoms with Gasteiger partial charge < -0.3 is 19.8 Å². The highest BCUT2D eigenvalue weighted by Gasteiger charge is 2.38. The number of alkyl halides is 1. The van der Waals surface area contributed by atoms with Crippen molar-refractivity contribution in [1.82, 2.24) is 5.06 Å². The molecular formula is C9H18BrNO4. The molecule has 5 nitrogen and oxygen atoms in total. The van der Waals surface area contributed by atoms with E-state index in [1.807, 2.05) is 6.92 Å². The van der Waals surface area contributed by atoms with Crippen molar-refractivity contribution in [3.63, 3.8) is 0 Å². The van der Waals surface area contributed by atoms with Crippen molar-refractivity contribution in [2.75, 3.05) is 20.3 Å². The molecule has 6 heteroatoms. The lowest BCUT2D eigenvalue weighted by Crippen LogP contribution is -2.54. The van der Waals surface area contributed by atoms with E-state index in [9.17, 15) is 4.79 Å². The lowest BCUT2D eigenvalue weighted by molar-refractivity contribution is -0.211. The Labute approximate surface area is 98.1 Å². The number of carbonyl (C=O) groups is 1. The standard InChI is InChI=1S/C9H18BrNO4/c1-3-4-8(5-12)11(15-2)9(10,6-13)7-14/h5,8,13-14H,3-4,6-7H2,1-2H3. The number of rotatable bonds is 8. The number of aliphatic hydroxyl groups is 2. The second kappa shape index (κ2) is 7.29. The zero-order valence-corrected chi connectivity index (χ0v) is 10.6. The second-order valence-corrected chi connectivity index (χ2v) is 4.71. The zero-order chi connectivity index (χ0) is 11.9. The molecule has 0 aromatic carbocycles. The topological polar surface area (TPSA) is 70.0 Å². The number of aliphatic hydroxyl groups excluding tert-OH is 2. The van der Waals surface area contributed by atoms with Crippen LogP contribution in [0.25, 0.3) is 0 Å². The highest BCUT2D eigenvalue weighted by Crippen LogP contribution is 2.26. The molecule has 0 amide bonds. The molecule has 1 atom stereocenters. The number of hydrogen-bond donors (Lipinski definition) is 2. The SMILES string of the molecule is CCCC(C=O)N(OC)C(Br)(CO)CO. The van der Waals surface area contributed by atoms with E-state index in [1.165, 1.54) is 12.2 Å². The van der Waals surface area contributed by atoms with E-state index in [2.05, 4.69) is 15.9 Å². The number of halogens is 1. The van der Waals surface area contributed by atoms with Crippen LogP contribution in [0.3, 0.4) is 0 Å². The first-order valence-corrected chi connectivity index (χ1v) is 5.58. The molecule has 0 bridgehead atoms. The molecule has 15 heavy (non-hydrogen) atoms. The summed E-state index contributed by atoms with van der Waals surface area (Å²) in [7, 11) is 1.40. The Balaban J connectivity index is 4.75. The molecule has 0 heterocycles. The molecule has 1 unspecified atom stereocenters. The van der Waals surface area contributed by atoms with Crippen molar-refractivity contribution >= 4 is 22.2 Å². The first kappa shape index (κ1) is 15.0. The Morgan fingerprint density at radius 1 is 1.53 bits per heavy atom. The largest absolute Gasteiger partial charge is 0.393 e. The van der Waals surface area contributed by atoms with Crippen LogP contribution in [-0.4, -0.2) is 52.4 Å². The second-order valence-electron chi connectivity index (χ2n) is 3.23. The molecule has 90 valence electrons. The summed E-state index contributed by atoms with van der Waals surface area (Å²) in [4.78, 5) is 15.9. The quantitative estimate of drug-likeness (QED) is 0.290. The first-order valence-electron chi connectivity index (χ1n) is 4.79. The molecule has 0 fully saturated rings. The van der Waals surface area contributed by atoms with Gasteiger partial charge in [-0.25, -0.2) is 0 Å². The van der Waals surface area contributed by atoms with E-state index in [1.54, 1.807) is 0 Å². The summed E-state index contributed by atoms with van der Waals surface area (Å²) in [5.41, 5.74) is 0. The van der Waals surface area contributed by atoms with Gasteiger partial charge in [0.05, 0.1) is 26.4 Å². The third-order valence-corrected chi connectivity index (χ3v) is 2.97. The van der Waals surface area contributed by atoms with Gasteiger partial charge >= 0.3 is 0 Å². The summed E-state index contributed by atoms with van der Waals surface area (Å²) < 4.78 is -1.12. The maximum atomic E-state index is 10.9. The third-order valence-electron chi connectivity index (χ3n) is 2.12. The fourth-order valence-electron chi connectivity index (χ4n) is 1.32. The average molecular weight is 284 g/mol. The number of aldehydes is 1. The summed E-state index contributed by atoms with van der Waals surface area (Å²) in [6.45, 7) is 1.23. The van der Waals surface area contributed by atoms with Crippen LogP contribution in [0.1, 0.15) is 19.8 Å². The molecule has 0 spiro atoms. The molecule has 0 aliphatic heterocycles. The monoisotopic (exact) mass is 283 g/mol. The molecule has 2 N–H and O–H groups in total. The van der Waals surface area contributed by atoms with Crippen molar-refractivity contribution in [2.45, 2.75) is 30.3 Å². The van der Waals surface area contributed by atoms with Crippen LogP contribution in [0.2, 0.25) is 0 Å². The minimum Gasteiger partial charge on any atom is -0.393 e. The maximum absolute atomic E-state index is 10.9. The van der Waals surface area contributed by atoms with E-state index in [0.717, 1.165) is 12.7 Å². The highest BCUT2D eigenvalue weighted by molar-refractivity contribution is 9.10. The predicted octanol–water partition coefficient (Wildman–Crippen LogP) is 0.293. The minimum absolute atomic E-state index is 0.356. The molecule has 0 saturated heterocycles. The van der Waals surface area contributed by atoms with Gasteiger partial charge in [0.15, 0.2) is 0 Å². The number of carbonyl (C=O) groups excluding carboxylic acids is 1. The average Bonchev–Trinajstić information content (AvgIpc) is 2.28. The fourth-order valence-corrected chi connectivity index (χ4v) is 1.73. The van der Waals surface area contributed by atoms with Crippen LogP contribution in [0.4, 0.5) is 0 Å². The number of hydroxylamine groups is 2. The van der Waals surface area contributed by atoms with Gasteiger partial charge in [-0.05, 0) is 6.42 Å². The van der Waals surface area contributed by atoms with Crippen LogP contribution in [0, 0.1) is 0 Å². The van der Waals surface area contributed by atoms with Crippen LogP contribution in [-0.2, 0) is 9.63 Å². The summed E-state index contributed by atoms with van der Waals surface area (Å²) in [6, 6.07) is -0.487. The van der Waals surface area contributed by atoms with Crippen LogP contribution in [0.5, 0.6) is 0 Å². The zero-order valence-electron chi connectivity index (χ0n) is 9.02. The smallest absolute Gasteiger partial charge is 0.147 e. The fraction of sp³-hybridized carbons (Fsp3) is 0.889. The van der Waals surface area contributed by atoms with E-state index in [0.29, 0.717) is 6.42 Å². The lowest BCUT2D eigenvalue weighted by Gasteiger charge is -2.37. The Kier molecular flexibility index (Phi) is 7.29. The molecular weight excluding hydrogens is 266 g/mol. The van der Waals surface area contributed by atoms with E-state index < -0.39 is 10.5 Å². The van der Waals surface area contributed by atoms with Gasteiger partial charge in [0, 0.05) is 0 Å². The van der Waals surface area contributed by atoms with Crippen LogP contribution >= 0.6 is 15.9 Å².